The van der Waals surface area contributed by atoms with E-state index in [4.69, 9.17) is 11.6 Å². The molecule has 5 rings (SSSR count). The van der Waals surface area contributed by atoms with E-state index in [1.165, 1.54) is 22.3 Å². The Morgan fingerprint density at radius 3 is 2.27 bits per heavy atom. The minimum Gasteiger partial charge on any atom is -0.148 e. The minimum absolute atomic E-state index is 0.0302. The van der Waals surface area contributed by atoms with Gasteiger partial charge < -0.3 is 0 Å². The Bertz CT molecular complexity index is 1180. The molecule has 1 heterocycles. The number of halogens is 1. The molecule has 0 atom stereocenters. The van der Waals surface area contributed by atoms with Crippen LogP contribution < -0.4 is 0 Å². The monoisotopic (exact) mass is 356 g/mol. The van der Waals surface area contributed by atoms with Gasteiger partial charge in [0.15, 0.2) is 5.15 Å². The minimum atomic E-state index is -0.0302. The van der Waals surface area contributed by atoms with Gasteiger partial charge in [-0.05, 0) is 28.3 Å². The van der Waals surface area contributed by atoms with Crippen LogP contribution in [0.15, 0.2) is 66.7 Å². The summed E-state index contributed by atoms with van der Waals surface area (Å²) in [4.78, 5) is 0. The van der Waals surface area contributed by atoms with Crippen molar-refractivity contribution in [1.29, 1.82) is 0 Å². The number of fused-ring (bicyclic) bond motifs is 4. The van der Waals surface area contributed by atoms with Gasteiger partial charge in [-0.1, -0.05) is 86.1 Å². The average Bonchev–Trinajstić information content (AvgIpc) is 2.90. The van der Waals surface area contributed by atoms with Gasteiger partial charge in [0, 0.05) is 21.8 Å². The van der Waals surface area contributed by atoms with Crippen molar-refractivity contribution in [3.05, 3.63) is 83.0 Å². The van der Waals surface area contributed by atoms with E-state index in [9.17, 15) is 0 Å². The molecule has 3 aromatic carbocycles. The number of hydrogen-bond donors (Lipinski definition) is 0. The second kappa shape index (κ2) is 5.39. The molecule has 0 radical (unpaired) electrons. The van der Waals surface area contributed by atoms with Crippen LogP contribution in [-0.4, -0.2) is 10.2 Å². The van der Waals surface area contributed by atoms with Gasteiger partial charge in [0.05, 0.1) is 0 Å². The number of aromatic nitrogens is 2. The molecule has 126 valence electrons. The topological polar surface area (TPSA) is 25.8 Å². The molecule has 0 amide bonds. The zero-order valence-electron chi connectivity index (χ0n) is 14.6. The van der Waals surface area contributed by atoms with Crippen LogP contribution in [0.25, 0.3) is 33.2 Å². The summed E-state index contributed by atoms with van der Waals surface area (Å²) in [6.45, 7) is 4.57. The molecule has 1 aliphatic rings. The molecule has 1 aliphatic carbocycles. The summed E-state index contributed by atoms with van der Waals surface area (Å²) in [5, 5.41) is 11.0. The van der Waals surface area contributed by atoms with Crippen molar-refractivity contribution < 1.29 is 0 Å². The summed E-state index contributed by atoms with van der Waals surface area (Å²) in [5.41, 5.74) is 7.25. The van der Waals surface area contributed by atoms with Crippen molar-refractivity contribution in [1.82, 2.24) is 10.2 Å². The van der Waals surface area contributed by atoms with Crippen molar-refractivity contribution in [2.45, 2.75) is 19.3 Å². The zero-order valence-corrected chi connectivity index (χ0v) is 15.4. The van der Waals surface area contributed by atoms with E-state index >= 15 is 0 Å². The van der Waals surface area contributed by atoms with Crippen LogP contribution in [0.1, 0.15) is 25.0 Å². The first-order valence-corrected chi connectivity index (χ1v) is 9.11. The summed E-state index contributed by atoms with van der Waals surface area (Å²) >= 11 is 6.24. The van der Waals surface area contributed by atoms with Gasteiger partial charge in [0.2, 0.25) is 0 Å². The molecule has 26 heavy (non-hydrogen) atoms. The Labute approximate surface area is 157 Å². The van der Waals surface area contributed by atoms with Crippen molar-refractivity contribution in [3.63, 3.8) is 0 Å². The first-order chi connectivity index (χ1) is 12.6. The molecule has 0 saturated heterocycles. The van der Waals surface area contributed by atoms with E-state index in [2.05, 4.69) is 72.6 Å². The predicted molar refractivity (Wildman–Crippen MR) is 108 cm³/mol. The molecule has 0 unspecified atom stereocenters. The smallest absolute Gasteiger partial charge is 0.148 e. The fourth-order valence-electron chi connectivity index (χ4n) is 4.14. The van der Waals surface area contributed by atoms with Crippen LogP contribution in [0.5, 0.6) is 0 Å². The largest absolute Gasteiger partial charge is 0.159 e. The molecule has 3 heteroatoms. The Hall–Kier alpha value is -2.71. The van der Waals surface area contributed by atoms with Crippen LogP contribution in [0.4, 0.5) is 0 Å². The molecule has 0 N–H and O–H groups in total. The maximum absolute atomic E-state index is 6.24. The quantitative estimate of drug-likeness (QED) is 0.402. The first kappa shape index (κ1) is 15.5. The van der Waals surface area contributed by atoms with Gasteiger partial charge in [-0.3, -0.25) is 0 Å². The van der Waals surface area contributed by atoms with Gasteiger partial charge in [-0.15, -0.1) is 10.2 Å². The normalized spacial score (nSPS) is 14.3. The molecule has 0 spiro atoms. The zero-order chi connectivity index (χ0) is 17.9. The van der Waals surface area contributed by atoms with Gasteiger partial charge >= 0.3 is 0 Å². The highest BCUT2D eigenvalue weighted by Crippen LogP contribution is 2.49. The molecular weight excluding hydrogens is 340 g/mol. The van der Waals surface area contributed by atoms with Crippen molar-refractivity contribution in [3.8, 4) is 22.4 Å². The second-order valence-corrected chi connectivity index (χ2v) is 7.67. The number of benzene rings is 3. The van der Waals surface area contributed by atoms with Crippen molar-refractivity contribution in [2.24, 2.45) is 0 Å². The van der Waals surface area contributed by atoms with Gasteiger partial charge in [-0.25, -0.2) is 0 Å². The third-order valence-corrected chi connectivity index (χ3v) is 5.78. The van der Waals surface area contributed by atoms with Crippen molar-refractivity contribution >= 4 is 22.4 Å². The Morgan fingerprint density at radius 2 is 1.42 bits per heavy atom. The lowest BCUT2D eigenvalue weighted by Crippen LogP contribution is -2.14. The van der Waals surface area contributed by atoms with E-state index in [1.807, 2.05) is 18.2 Å². The highest BCUT2D eigenvalue weighted by molar-refractivity contribution is 6.34. The van der Waals surface area contributed by atoms with Crippen LogP contribution in [-0.2, 0) is 5.41 Å². The molecule has 1 aromatic heterocycles. The van der Waals surface area contributed by atoms with Gasteiger partial charge in [0.25, 0.3) is 0 Å². The van der Waals surface area contributed by atoms with Crippen LogP contribution in [0.2, 0.25) is 5.15 Å². The third-order valence-electron chi connectivity index (χ3n) is 5.50. The summed E-state index contributed by atoms with van der Waals surface area (Å²) in [6.07, 6.45) is 0. The lowest BCUT2D eigenvalue weighted by Gasteiger charge is -2.22. The summed E-state index contributed by atoms with van der Waals surface area (Å²) < 4.78 is 0. The predicted octanol–water partition coefficient (Wildman–Crippen LogP) is 6.26. The van der Waals surface area contributed by atoms with E-state index < -0.39 is 0 Å². The fraction of sp³-hybridized carbons (Fsp3) is 0.130. The molecule has 0 fully saturated rings. The molecule has 2 nitrogen and oxygen atoms in total. The maximum atomic E-state index is 6.24. The van der Waals surface area contributed by atoms with Crippen molar-refractivity contribution in [2.75, 3.05) is 0 Å². The van der Waals surface area contributed by atoms with Crippen LogP contribution >= 0.6 is 11.6 Å². The fourth-order valence-corrected chi connectivity index (χ4v) is 4.34. The van der Waals surface area contributed by atoms with Gasteiger partial charge in [-0.2, -0.15) is 0 Å². The number of nitrogens with zero attached hydrogens (tertiary/aromatic N) is 2. The lowest BCUT2D eigenvalue weighted by atomic mass is 9.82. The Morgan fingerprint density at radius 1 is 0.731 bits per heavy atom. The Kier molecular flexibility index (Phi) is 3.22. The highest BCUT2D eigenvalue weighted by Gasteiger charge is 2.35. The van der Waals surface area contributed by atoms with Gasteiger partial charge in [0.1, 0.15) is 5.69 Å². The summed E-state index contributed by atoms with van der Waals surface area (Å²) in [6, 6.07) is 23.3. The molecule has 4 aromatic rings. The Balaban J connectivity index is 1.76. The summed E-state index contributed by atoms with van der Waals surface area (Å²) in [5.74, 6) is 0. The third kappa shape index (κ3) is 2.06. The van der Waals surface area contributed by atoms with E-state index in [-0.39, 0.29) is 5.41 Å². The maximum Gasteiger partial charge on any atom is 0.159 e. The standard InChI is InChI=1S/C23H17ClN2/c1-23(2)19-10-6-5-7-15(19)16-12-11-14(13-20(16)23)21-17-8-3-4-9-18(17)22(24)26-25-21/h3-13H,1-2H3. The average molecular weight is 357 g/mol. The van der Waals surface area contributed by atoms with Crippen LogP contribution in [0.3, 0.4) is 0 Å². The summed E-state index contributed by atoms with van der Waals surface area (Å²) in [7, 11) is 0. The SMILES string of the molecule is CC1(C)c2ccccc2-c2ccc(-c3nnc(Cl)c4ccccc34)cc21. The lowest BCUT2D eigenvalue weighted by molar-refractivity contribution is 0.660. The number of hydrogen-bond acceptors (Lipinski definition) is 2. The van der Waals surface area contributed by atoms with E-state index in [1.54, 1.807) is 0 Å². The second-order valence-electron chi connectivity index (χ2n) is 7.32. The first-order valence-electron chi connectivity index (χ1n) is 8.73. The molecule has 0 bridgehead atoms. The van der Waals surface area contributed by atoms with Crippen LogP contribution in [0, 0.1) is 0 Å². The highest BCUT2D eigenvalue weighted by atomic mass is 35.5. The number of rotatable bonds is 1. The van der Waals surface area contributed by atoms with E-state index in [0.29, 0.717) is 5.15 Å². The molecular formula is C23H17ClN2. The molecule has 0 aliphatic heterocycles. The molecule has 0 saturated carbocycles. The van der Waals surface area contributed by atoms with E-state index in [0.717, 1.165) is 22.0 Å².